The zero-order chi connectivity index (χ0) is 20.6. The van der Waals surface area contributed by atoms with Crippen molar-refractivity contribution in [3.05, 3.63) is 59.7 Å². The van der Waals surface area contributed by atoms with Gasteiger partial charge in [0.2, 0.25) is 5.91 Å². The molecule has 0 unspecified atom stereocenters. The number of benzene rings is 2. The highest BCUT2D eigenvalue weighted by atomic mass is 16.5. The van der Waals surface area contributed by atoms with Crippen molar-refractivity contribution in [2.24, 2.45) is 0 Å². The summed E-state index contributed by atoms with van der Waals surface area (Å²) in [6.07, 6.45) is 1.08. The predicted octanol–water partition coefficient (Wildman–Crippen LogP) is 3.01. The highest BCUT2D eigenvalue weighted by Gasteiger charge is 2.24. The Hall–Kier alpha value is -3.02. The summed E-state index contributed by atoms with van der Waals surface area (Å²) in [5.41, 5.74) is 1.73. The van der Waals surface area contributed by atoms with Crippen LogP contribution in [0.4, 0.5) is 0 Å². The van der Waals surface area contributed by atoms with Crippen molar-refractivity contribution in [1.82, 2.24) is 9.80 Å². The lowest BCUT2D eigenvalue weighted by atomic mass is 10.1. The molecule has 6 heteroatoms. The van der Waals surface area contributed by atoms with E-state index in [-0.39, 0.29) is 11.8 Å². The zero-order valence-electron chi connectivity index (χ0n) is 17.1. The van der Waals surface area contributed by atoms with Gasteiger partial charge in [0, 0.05) is 38.2 Å². The van der Waals surface area contributed by atoms with E-state index in [4.69, 9.17) is 9.47 Å². The first-order chi connectivity index (χ1) is 14.1. The number of piperazine rings is 1. The maximum absolute atomic E-state index is 12.6. The Kier molecular flexibility index (Phi) is 7.11. The molecule has 2 aromatic carbocycles. The number of hydrogen-bond donors (Lipinski definition) is 0. The lowest BCUT2D eigenvalue weighted by Gasteiger charge is -2.35. The third kappa shape index (κ3) is 5.28. The Bertz CT molecular complexity index is 830. The van der Waals surface area contributed by atoms with Crippen molar-refractivity contribution in [2.45, 2.75) is 19.8 Å². The summed E-state index contributed by atoms with van der Waals surface area (Å²) < 4.78 is 10.9. The van der Waals surface area contributed by atoms with E-state index < -0.39 is 0 Å². The summed E-state index contributed by atoms with van der Waals surface area (Å²) in [6.45, 7) is 4.78. The summed E-state index contributed by atoms with van der Waals surface area (Å²) in [7, 11) is 1.61. The maximum atomic E-state index is 12.6. The van der Waals surface area contributed by atoms with Crippen molar-refractivity contribution in [3.8, 4) is 11.5 Å². The molecule has 29 heavy (non-hydrogen) atoms. The van der Waals surface area contributed by atoms with Crippen molar-refractivity contribution in [2.75, 3.05) is 39.9 Å². The standard InChI is InChI=1S/C23H28N2O4/c1-3-29-20-11-9-18(17-21(20)28-2)10-12-22(26)24-13-15-25(16-14-24)23(27)19-7-5-4-6-8-19/h4-9,11,17H,3,10,12-16H2,1-2H3. The van der Waals surface area contributed by atoms with Gasteiger partial charge in [-0.25, -0.2) is 0 Å². The number of rotatable bonds is 7. The minimum absolute atomic E-state index is 0.0270. The second-order valence-corrected chi connectivity index (χ2v) is 6.96. The highest BCUT2D eigenvalue weighted by molar-refractivity contribution is 5.94. The van der Waals surface area contributed by atoms with Crippen molar-refractivity contribution >= 4 is 11.8 Å². The van der Waals surface area contributed by atoms with E-state index in [2.05, 4.69) is 0 Å². The Balaban J connectivity index is 1.49. The van der Waals surface area contributed by atoms with Crippen LogP contribution in [0.15, 0.2) is 48.5 Å². The molecule has 0 radical (unpaired) electrons. The van der Waals surface area contributed by atoms with Gasteiger partial charge in [-0.15, -0.1) is 0 Å². The SMILES string of the molecule is CCOc1ccc(CCC(=O)N2CCN(C(=O)c3ccccc3)CC2)cc1OC. The molecule has 1 aliphatic heterocycles. The van der Waals surface area contributed by atoms with E-state index in [0.29, 0.717) is 62.7 Å². The van der Waals surface area contributed by atoms with E-state index in [0.717, 1.165) is 5.56 Å². The molecule has 0 N–H and O–H groups in total. The number of carbonyl (C=O) groups excluding carboxylic acids is 2. The van der Waals surface area contributed by atoms with Crippen LogP contribution in [0.2, 0.25) is 0 Å². The second kappa shape index (κ2) is 9.96. The van der Waals surface area contributed by atoms with Crippen molar-refractivity contribution < 1.29 is 19.1 Å². The van der Waals surface area contributed by atoms with E-state index in [9.17, 15) is 9.59 Å². The number of hydrogen-bond acceptors (Lipinski definition) is 4. The van der Waals surface area contributed by atoms with E-state index >= 15 is 0 Å². The zero-order valence-corrected chi connectivity index (χ0v) is 17.1. The topological polar surface area (TPSA) is 59.1 Å². The van der Waals surface area contributed by atoms with Crippen molar-refractivity contribution in [1.29, 1.82) is 0 Å². The van der Waals surface area contributed by atoms with Crippen LogP contribution in [0, 0.1) is 0 Å². The Morgan fingerprint density at radius 3 is 2.28 bits per heavy atom. The summed E-state index contributed by atoms with van der Waals surface area (Å²) in [6, 6.07) is 15.1. The molecule has 0 saturated carbocycles. The first kappa shape index (κ1) is 20.7. The smallest absolute Gasteiger partial charge is 0.253 e. The molecular formula is C23H28N2O4. The molecule has 2 aromatic rings. The van der Waals surface area contributed by atoms with Gasteiger partial charge in [0.1, 0.15) is 0 Å². The van der Waals surface area contributed by atoms with E-state index in [1.807, 2.05) is 65.3 Å². The van der Waals surface area contributed by atoms with Crippen LogP contribution >= 0.6 is 0 Å². The van der Waals surface area contributed by atoms with Gasteiger partial charge in [0.15, 0.2) is 11.5 Å². The minimum Gasteiger partial charge on any atom is -0.493 e. The first-order valence-corrected chi connectivity index (χ1v) is 10.0. The molecule has 1 aliphatic rings. The quantitative estimate of drug-likeness (QED) is 0.722. The van der Waals surface area contributed by atoms with Crippen LogP contribution in [-0.4, -0.2) is 61.5 Å². The fourth-order valence-electron chi connectivity index (χ4n) is 3.47. The average molecular weight is 396 g/mol. The molecule has 0 aliphatic carbocycles. The number of amides is 2. The molecule has 0 spiro atoms. The van der Waals surface area contributed by atoms with Crippen molar-refractivity contribution in [3.63, 3.8) is 0 Å². The molecule has 0 bridgehead atoms. The lowest BCUT2D eigenvalue weighted by molar-refractivity contribution is -0.132. The van der Waals surface area contributed by atoms with Gasteiger partial charge in [-0.1, -0.05) is 24.3 Å². The van der Waals surface area contributed by atoms with Crippen LogP contribution in [0.1, 0.15) is 29.3 Å². The normalized spacial score (nSPS) is 13.9. The number of nitrogens with zero attached hydrogens (tertiary/aromatic N) is 2. The average Bonchev–Trinajstić information content (AvgIpc) is 2.78. The van der Waals surface area contributed by atoms with Crippen LogP contribution in [-0.2, 0) is 11.2 Å². The van der Waals surface area contributed by atoms with E-state index in [1.54, 1.807) is 7.11 Å². The summed E-state index contributed by atoms with van der Waals surface area (Å²) in [5, 5.41) is 0. The predicted molar refractivity (Wildman–Crippen MR) is 111 cm³/mol. The fraction of sp³-hybridized carbons (Fsp3) is 0.391. The largest absolute Gasteiger partial charge is 0.493 e. The molecule has 1 heterocycles. The molecule has 0 atom stereocenters. The van der Waals surface area contributed by atoms with Gasteiger partial charge in [-0.3, -0.25) is 9.59 Å². The molecule has 154 valence electrons. The third-order valence-corrected chi connectivity index (χ3v) is 5.10. The molecule has 0 aromatic heterocycles. The molecule has 2 amide bonds. The number of methoxy groups -OCH3 is 1. The van der Waals surface area contributed by atoms with Gasteiger partial charge < -0.3 is 19.3 Å². The summed E-state index contributed by atoms with van der Waals surface area (Å²) >= 11 is 0. The second-order valence-electron chi connectivity index (χ2n) is 6.96. The van der Waals surface area contributed by atoms with Gasteiger partial charge in [0.05, 0.1) is 13.7 Å². The van der Waals surface area contributed by atoms with Crippen LogP contribution in [0.3, 0.4) is 0 Å². The molecule has 1 fully saturated rings. The number of aryl methyl sites for hydroxylation is 1. The molecule has 1 saturated heterocycles. The third-order valence-electron chi connectivity index (χ3n) is 5.10. The highest BCUT2D eigenvalue weighted by Crippen LogP contribution is 2.28. The van der Waals surface area contributed by atoms with Crippen LogP contribution in [0.25, 0.3) is 0 Å². The summed E-state index contributed by atoms with van der Waals surface area (Å²) in [5.74, 6) is 1.54. The Morgan fingerprint density at radius 2 is 1.62 bits per heavy atom. The lowest BCUT2D eigenvalue weighted by Crippen LogP contribution is -2.50. The first-order valence-electron chi connectivity index (χ1n) is 10.0. The van der Waals surface area contributed by atoms with Gasteiger partial charge in [-0.2, -0.15) is 0 Å². The van der Waals surface area contributed by atoms with Gasteiger partial charge in [0.25, 0.3) is 5.91 Å². The minimum atomic E-state index is 0.0270. The fourth-order valence-corrected chi connectivity index (χ4v) is 3.47. The molecule has 6 nitrogen and oxygen atoms in total. The number of carbonyl (C=O) groups is 2. The molecular weight excluding hydrogens is 368 g/mol. The summed E-state index contributed by atoms with van der Waals surface area (Å²) in [4.78, 5) is 28.8. The monoisotopic (exact) mass is 396 g/mol. The Labute approximate surface area is 172 Å². The number of ether oxygens (including phenoxy) is 2. The maximum Gasteiger partial charge on any atom is 0.253 e. The van der Waals surface area contributed by atoms with Gasteiger partial charge >= 0.3 is 0 Å². The van der Waals surface area contributed by atoms with E-state index in [1.165, 1.54) is 0 Å². The van der Waals surface area contributed by atoms with Crippen LogP contribution < -0.4 is 9.47 Å². The van der Waals surface area contributed by atoms with Crippen LogP contribution in [0.5, 0.6) is 11.5 Å². The van der Waals surface area contributed by atoms with Gasteiger partial charge in [-0.05, 0) is 43.2 Å². The molecule has 3 rings (SSSR count). The Morgan fingerprint density at radius 1 is 0.931 bits per heavy atom.